The number of benzene rings is 3. The molecule has 23 heteroatoms. The Morgan fingerprint density at radius 1 is 0.786 bits per heavy atom. The molecule has 3 saturated heterocycles. The van der Waals surface area contributed by atoms with Gasteiger partial charge in [-0.2, -0.15) is 0 Å². The van der Waals surface area contributed by atoms with E-state index >= 15 is 0 Å². The van der Waals surface area contributed by atoms with Gasteiger partial charge in [0, 0.05) is 38.5 Å². The van der Waals surface area contributed by atoms with Crippen LogP contribution in [-0.4, -0.2) is 165 Å². The molecule has 0 unspecified atom stereocenters. The summed E-state index contributed by atoms with van der Waals surface area (Å²) in [6.07, 6.45) is -6.36. The van der Waals surface area contributed by atoms with E-state index in [4.69, 9.17) is 28.4 Å². The number of aryl methyl sites for hydroxylation is 1. The number of likely N-dealkylation sites (N-methyl/N-ethyl adjacent to an activating group) is 1. The Kier molecular flexibility index (Phi) is 24.1. The fourth-order valence-corrected chi connectivity index (χ4v) is 15.2. The van der Waals surface area contributed by atoms with Crippen LogP contribution in [0, 0.1) is 17.8 Å². The summed E-state index contributed by atoms with van der Waals surface area (Å²) in [5.74, 6) is -3.34. The molecule has 5 N–H and O–H groups in total. The number of aliphatic hydroxyl groups excluding tert-OH is 3. The second kappa shape index (κ2) is 28.4. The average molecular weight is 1240 g/mol. The molecule has 3 aromatic rings. The van der Waals surface area contributed by atoms with Crippen molar-refractivity contribution in [3.63, 3.8) is 0 Å². The van der Waals surface area contributed by atoms with Crippen molar-refractivity contribution in [2.45, 2.75) is 217 Å². The topological polar surface area (TPSA) is 197 Å². The summed E-state index contributed by atoms with van der Waals surface area (Å²) in [4.78, 5) is 33.0. The Bertz CT molecular complexity index is 2510. The third-order valence-electron chi connectivity index (χ3n) is 17.0. The molecule has 6 rings (SSSR count). The maximum atomic E-state index is 14.7. The van der Waals surface area contributed by atoms with Crippen LogP contribution in [0.2, 0.25) is 0 Å². The predicted octanol–water partition coefficient (Wildman–Crippen LogP) is 9.47. The average Bonchev–Trinajstić information content (AvgIpc) is 1.72. The zero-order valence-electron chi connectivity index (χ0n) is 50.9. The number of esters is 1. The molecule has 3 heterocycles. The molecule has 0 spiro atoms. The third kappa shape index (κ3) is 19.8. The van der Waals surface area contributed by atoms with Crippen molar-refractivity contribution in [2.75, 3.05) is 27.7 Å². The Labute approximate surface area is 493 Å². The molecule has 0 aliphatic carbocycles. The summed E-state index contributed by atoms with van der Waals surface area (Å²) in [7, 11) is -6.69. The number of unbranched alkanes of at least 4 members (excludes halogenated alkanes) is 2. The van der Waals surface area contributed by atoms with E-state index in [0.29, 0.717) is 12.8 Å². The van der Waals surface area contributed by atoms with Gasteiger partial charge in [0.25, 0.3) is 0 Å². The Balaban J connectivity index is 0.00000173. The van der Waals surface area contributed by atoms with E-state index in [0.717, 1.165) is 19.3 Å². The zero-order valence-corrected chi connectivity index (χ0v) is 52.8. The molecule has 1 amide bonds. The number of carbonyl (C=O) groups is 2. The SMILES string of the molecule is CC[C@H]1OC(=O)[C@H](C)[C@@H](O[C@H]2C[C@@](C)(OC)[C@@H](O)[C@H](C)O2)[C@H](C)[C@@H](O[C@@H]2O[C@H](C)C[C@H](N(C)C)[C@H]2O)[C@](C)(O)C[C@@H](C)CN(C(=O)CCCCCc2ccccc2[PH+](c2ccccc2)c2ccccc2)[C@H](C)[C@@H](O)[C@]1(C)O.F[P-](F)(F)(F)(F)F. The van der Waals surface area contributed by atoms with Crippen molar-refractivity contribution >= 4 is 43.5 Å². The number of ether oxygens (including phenoxy) is 6. The molecule has 3 fully saturated rings. The molecule has 3 aliphatic rings. The van der Waals surface area contributed by atoms with Crippen LogP contribution < -0.4 is 15.9 Å². The molecule has 0 saturated carbocycles. The van der Waals surface area contributed by atoms with Gasteiger partial charge >= 0.3 is 39.0 Å². The molecule has 3 aliphatic heterocycles. The van der Waals surface area contributed by atoms with E-state index in [1.165, 1.54) is 35.5 Å². The van der Waals surface area contributed by atoms with Gasteiger partial charge in [0.15, 0.2) is 12.6 Å². The van der Waals surface area contributed by atoms with Crippen LogP contribution >= 0.6 is 15.7 Å². The normalized spacial score (nSPS) is 35.9. The van der Waals surface area contributed by atoms with Crippen molar-refractivity contribution in [3.05, 3.63) is 90.5 Å². The molecular weight excluding hydrogens is 1140 g/mol. The number of rotatable bonds is 16. The summed E-state index contributed by atoms with van der Waals surface area (Å²) in [6, 6.07) is 28.8. The van der Waals surface area contributed by atoms with E-state index in [1.54, 1.807) is 53.4 Å². The first-order valence-corrected chi connectivity index (χ1v) is 32.8. The van der Waals surface area contributed by atoms with E-state index in [2.05, 4.69) is 84.9 Å². The monoisotopic (exact) mass is 1240 g/mol. The number of halogens is 6. The number of hydrogen-bond acceptors (Lipinski definition) is 14. The summed E-state index contributed by atoms with van der Waals surface area (Å²) < 4.78 is 97.5. The molecular formula is C61H94F6N2O13P2. The van der Waals surface area contributed by atoms with Gasteiger partial charge in [-0.1, -0.05) is 81.8 Å². The Hall–Kier alpha value is -3.40. The number of methoxy groups -OCH3 is 1. The van der Waals surface area contributed by atoms with Crippen LogP contribution in [0.4, 0.5) is 25.2 Å². The number of aliphatic hydroxyl groups is 5. The van der Waals surface area contributed by atoms with Crippen molar-refractivity contribution in [1.29, 1.82) is 0 Å². The Morgan fingerprint density at radius 3 is 1.89 bits per heavy atom. The fourth-order valence-electron chi connectivity index (χ4n) is 12.4. The van der Waals surface area contributed by atoms with Gasteiger partial charge in [-0.25, -0.2) is 0 Å². The van der Waals surface area contributed by atoms with Crippen LogP contribution in [0.5, 0.6) is 0 Å². The number of cyclic esters (lactones) is 1. The van der Waals surface area contributed by atoms with E-state index in [-0.39, 0.29) is 50.3 Å². The maximum absolute atomic E-state index is 14.7. The van der Waals surface area contributed by atoms with Gasteiger partial charge in [0.2, 0.25) is 5.91 Å². The fraction of sp³-hybridized carbons (Fsp3) is 0.672. The molecule has 0 bridgehead atoms. The van der Waals surface area contributed by atoms with Crippen molar-refractivity contribution < 1.29 is 88.7 Å². The van der Waals surface area contributed by atoms with Crippen molar-refractivity contribution in [1.82, 2.24) is 9.80 Å². The molecule has 3 aromatic carbocycles. The number of carbonyl (C=O) groups excluding carboxylic acids is 2. The van der Waals surface area contributed by atoms with Crippen molar-refractivity contribution in [3.8, 4) is 0 Å². The zero-order chi connectivity index (χ0) is 63.0. The van der Waals surface area contributed by atoms with Crippen LogP contribution in [-0.2, 0) is 44.4 Å². The standard InChI is InChI=1S/C61H93N2O13P.F6P/c1-14-49-61(10,70)54(66)42(6)63(50(64)33-23-15-18-26-44-27-24-25-32-48(44)77(45-28-19-16-20-29-45)46-30-21-17-22-31-46)37-38(2)35-59(8,69)56(76-58-52(65)47(62(11)12)34-39(3)72-58)40(4)53(41(5)57(68)74-49)75-51-36-60(9,71-13)55(67)43(7)73-51;1-7(2,3,4,5)6/h16-17,19-22,24-25,27-32,38-43,47,49,51-56,58,65-67,69-70H,14-15,18,23,26,33-37H2,1-13H3;/q;-1/p+1/t38-,39-,40+,41-,42-,43+,47+,49-,51+,52-,53+,54-,55+,56-,58+,59-,60-,61-;/m1./s1. The molecule has 0 radical (unpaired) electrons. The van der Waals surface area contributed by atoms with Gasteiger partial charge in [0.05, 0.1) is 55.5 Å². The summed E-state index contributed by atoms with van der Waals surface area (Å²) in [6.45, 7) is 17.4. The predicted molar refractivity (Wildman–Crippen MR) is 316 cm³/mol. The second-order valence-electron chi connectivity index (χ2n) is 24.6. The number of nitrogens with zero attached hydrogens (tertiary/aromatic N) is 2. The number of amides is 1. The number of hydrogen-bond donors (Lipinski definition) is 5. The van der Waals surface area contributed by atoms with Crippen LogP contribution in [0.25, 0.3) is 0 Å². The van der Waals surface area contributed by atoms with Gasteiger partial charge in [-0.15, -0.1) is 0 Å². The quantitative estimate of drug-likeness (QED) is 0.0394. The molecule has 0 aromatic heterocycles. The molecule has 478 valence electrons. The summed E-state index contributed by atoms with van der Waals surface area (Å²) >= 11 is 0. The van der Waals surface area contributed by atoms with E-state index < -0.39 is 118 Å². The first kappa shape index (κ1) is 71.4. The van der Waals surface area contributed by atoms with Gasteiger partial charge in [-0.3, -0.25) is 9.59 Å². The summed E-state index contributed by atoms with van der Waals surface area (Å²) in [5.41, 5.74) is -3.53. The van der Waals surface area contributed by atoms with Gasteiger partial charge < -0.3 is 63.8 Å². The Morgan fingerprint density at radius 2 is 1.35 bits per heavy atom. The molecule has 15 nitrogen and oxygen atoms in total. The first-order chi connectivity index (χ1) is 38.8. The van der Waals surface area contributed by atoms with Gasteiger partial charge in [-0.05, 0) is 143 Å². The van der Waals surface area contributed by atoms with Crippen LogP contribution in [0.1, 0.15) is 126 Å². The van der Waals surface area contributed by atoms with E-state index in [1.807, 2.05) is 32.8 Å². The van der Waals surface area contributed by atoms with Gasteiger partial charge in [0.1, 0.15) is 45.9 Å². The minimum absolute atomic E-state index is 0.0588. The van der Waals surface area contributed by atoms with Crippen LogP contribution in [0.3, 0.4) is 0 Å². The van der Waals surface area contributed by atoms with Crippen LogP contribution in [0.15, 0.2) is 84.9 Å². The molecule has 18 atom stereocenters. The van der Waals surface area contributed by atoms with Crippen molar-refractivity contribution in [2.24, 2.45) is 17.8 Å². The third-order valence-corrected chi connectivity index (χ3v) is 19.8. The first-order valence-electron chi connectivity index (χ1n) is 29.2. The second-order valence-corrected chi connectivity index (χ2v) is 28.9. The molecule has 84 heavy (non-hydrogen) atoms. The summed E-state index contributed by atoms with van der Waals surface area (Å²) in [5, 5.41) is 64.6. The minimum atomic E-state index is -10.7. The van der Waals surface area contributed by atoms with E-state index in [9.17, 15) is 60.3 Å².